The van der Waals surface area contributed by atoms with Crippen LogP contribution in [-0.2, 0) is 16.0 Å². The SMILES string of the molecule is O=C(Cc1ccc2c(c1)NC(=O)CCO2)NCCO. The van der Waals surface area contributed by atoms with Crippen molar-refractivity contribution in [3.05, 3.63) is 23.8 Å². The number of nitrogens with one attached hydrogen (secondary N) is 2. The van der Waals surface area contributed by atoms with E-state index in [0.29, 0.717) is 24.5 Å². The molecular weight excluding hydrogens is 248 g/mol. The molecule has 2 rings (SSSR count). The van der Waals surface area contributed by atoms with Crippen LogP contribution in [0.15, 0.2) is 18.2 Å². The number of fused-ring (bicyclic) bond motifs is 1. The van der Waals surface area contributed by atoms with Gasteiger partial charge in [-0.1, -0.05) is 6.07 Å². The largest absolute Gasteiger partial charge is 0.491 e. The lowest BCUT2D eigenvalue weighted by atomic mass is 10.1. The highest BCUT2D eigenvalue weighted by molar-refractivity contribution is 5.93. The van der Waals surface area contributed by atoms with E-state index in [2.05, 4.69) is 10.6 Å². The zero-order valence-corrected chi connectivity index (χ0v) is 10.4. The molecule has 0 saturated carbocycles. The number of carbonyl (C=O) groups is 2. The molecule has 1 aliphatic rings. The third kappa shape index (κ3) is 3.69. The van der Waals surface area contributed by atoms with Gasteiger partial charge in [-0.2, -0.15) is 0 Å². The molecule has 6 heteroatoms. The Morgan fingerprint density at radius 2 is 2.32 bits per heavy atom. The summed E-state index contributed by atoms with van der Waals surface area (Å²) in [5, 5.41) is 13.9. The molecule has 0 fully saturated rings. The molecule has 1 aromatic rings. The molecule has 2 amide bonds. The van der Waals surface area contributed by atoms with E-state index in [-0.39, 0.29) is 31.4 Å². The summed E-state index contributed by atoms with van der Waals surface area (Å²) >= 11 is 0. The highest BCUT2D eigenvalue weighted by Crippen LogP contribution is 2.28. The number of hydrogen-bond acceptors (Lipinski definition) is 4. The van der Waals surface area contributed by atoms with Gasteiger partial charge in [-0.15, -0.1) is 0 Å². The highest BCUT2D eigenvalue weighted by atomic mass is 16.5. The van der Waals surface area contributed by atoms with Gasteiger partial charge < -0.3 is 20.5 Å². The summed E-state index contributed by atoms with van der Waals surface area (Å²) in [5.74, 6) is 0.348. The van der Waals surface area contributed by atoms with Crippen molar-refractivity contribution in [3.63, 3.8) is 0 Å². The maximum atomic E-state index is 11.5. The molecule has 0 saturated heterocycles. The van der Waals surface area contributed by atoms with E-state index in [9.17, 15) is 9.59 Å². The minimum atomic E-state index is -0.171. The Kier molecular flexibility index (Phi) is 4.35. The van der Waals surface area contributed by atoms with Crippen LogP contribution in [0.25, 0.3) is 0 Å². The minimum absolute atomic E-state index is 0.0835. The maximum absolute atomic E-state index is 11.5. The van der Waals surface area contributed by atoms with Gasteiger partial charge in [0.25, 0.3) is 0 Å². The molecular formula is C13H16N2O4. The van der Waals surface area contributed by atoms with Gasteiger partial charge in [-0.25, -0.2) is 0 Å². The Hall–Kier alpha value is -2.08. The van der Waals surface area contributed by atoms with E-state index in [1.807, 2.05) is 0 Å². The first kappa shape index (κ1) is 13.4. The van der Waals surface area contributed by atoms with Crippen molar-refractivity contribution in [2.24, 2.45) is 0 Å². The summed E-state index contributed by atoms with van der Waals surface area (Å²) < 4.78 is 5.43. The van der Waals surface area contributed by atoms with Crippen LogP contribution < -0.4 is 15.4 Å². The molecule has 0 unspecified atom stereocenters. The van der Waals surface area contributed by atoms with E-state index >= 15 is 0 Å². The van der Waals surface area contributed by atoms with Gasteiger partial charge in [0.15, 0.2) is 0 Å². The van der Waals surface area contributed by atoms with Crippen LogP contribution in [0.1, 0.15) is 12.0 Å². The lowest BCUT2D eigenvalue weighted by molar-refractivity contribution is -0.120. The van der Waals surface area contributed by atoms with Crippen molar-refractivity contribution >= 4 is 17.5 Å². The van der Waals surface area contributed by atoms with Crippen LogP contribution >= 0.6 is 0 Å². The maximum Gasteiger partial charge on any atom is 0.227 e. The number of aliphatic hydroxyl groups is 1. The van der Waals surface area contributed by atoms with Crippen molar-refractivity contribution < 1.29 is 19.4 Å². The smallest absolute Gasteiger partial charge is 0.227 e. The Balaban J connectivity index is 2.07. The summed E-state index contributed by atoms with van der Waals surface area (Å²) in [6, 6.07) is 5.27. The van der Waals surface area contributed by atoms with E-state index in [0.717, 1.165) is 5.56 Å². The lowest BCUT2D eigenvalue weighted by Crippen LogP contribution is -2.27. The van der Waals surface area contributed by atoms with Gasteiger partial charge in [-0.3, -0.25) is 9.59 Å². The van der Waals surface area contributed by atoms with Crippen LogP contribution in [0.2, 0.25) is 0 Å². The molecule has 0 bridgehead atoms. The van der Waals surface area contributed by atoms with E-state index in [4.69, 9.17) is 9.84 Å². The first-order valence-corrected chi connectivity index (χ1v) is 6.12. The molecule has 1 aromatic carbocycles. The molecule has 19 heavy (non-hydrogen) atoms. The second-order valence-electron chi connectivity index (χ2n) is 4.23. The number of aliphatic hydroxyl groups excluding tert-OH is 1. The van der Waals surface area contributed by atoms with Crippen LogP contribution in [0.5, 0.6) is 5.75 Å². The van der Waals surface area contributed by atoms with Crippen molar-refractivity contribution in [2.75, 3.05) is 25.1 Å². The number of ether oxygens (including phenoxy) is 1. The fourth-order valence-corrected chi connectivity index (χ4v) is 1.82. The number of anilines is 1. The molecule has 0 atom stereocenters. The monoisotopic (exact) mass is 264 g/mol. The van der Waals surface area contributed by atoms with Gasteiger partial charge in [0.1, 0.15) is 5.75 Å². The summed E-state index contributed by atoms with van der Waals surface area (Å²) in [5.41, 5.74) is 1.37. The Morgan fingerprint density at radius 1 is 1.47 bits per heavy atom. The predicted octanol–water partition coefficient (Wildman–Crippen LogP) is 0.0586. The number of amides is 2. The van der Waals surface area contributed by atoms with Gasteiger partial charge in [-0.05, 0) is 17.7 Å². The Labute approximate surface area is 110 Å². The Bertz CT molecular complexity index is 488. The number of hydrogen-bond donors (Lipinski definition) is 3. The highest BCUT2D eigenvalue weighted by Gasteiger charge is 2.14. The van der Waals surface area contributed by atoms with Gasteiger partial charge >= 0.3 is 0 Å². The van der Waals surface area contributed by atoms with Gasteiger partial charge in [0, 0.05) is 6.54 Å². The van der Waals surface area contributed by atoms with E-state index in [1.165, 1.54) is 0 Å². The van der Waals surface area contributed by atoms with Crippen molar-refractivity contribution in [3.8, 4) is 5.75 Å². The molecule has 0 aromatic heterocycles. The molecule has 6 nitrogen and oxygen atoms in total. The second-order valence-corrected chi connectivity index (χ2v) is 4.23. The van der Waals surface area contributed by atoms with Crippen LogP contribution in [0.4, 0.5) is 5.69 Å². The summed E-state index contributed by atoms with van der Waals surface area (Å²) in [4.78, 5) is 23.0. The molecule has 1 aliphatic heterocycles. The molecule has 102 valence electrons. The Morgan fingerprint density at radius 3 is 3.11 bits per heavy atom. The average Bonchev–Trinajstić information content (AvgIpc) is 2.56. The average molecular weight is 264 g/mol. The van der Waals surface area contributed by atoms with Crippen LogP contribution in [0.3, 0.4) is 0 Å². The van der Waals surface area contributed by atoms with Crippen LogP contribution in [0, 0.1) is 0 Å². The normalized spacial score (nSPS) is 13.8. The third-order valence-corrected chi connectivity index (χ3v) is 2.70. The van der Waals surface area contributed by atoms with Crippen molar-refractivity contribution in [1.29, 1.82) is 0 Å². The lowest BCUT2D eigenvalue weighted by Gasteiger charge is -2.09. The topological polar surface area (TPSA) is 87.7 Å². The molecule has 0 spiro atoms. The van der Waals surface area contributed by atoms with Gasteiger partial charge in [0.2, 0.25) is 11.8 Å². The quantitative estimate of drug-likeness (QED) is 0.717. The number of rotatable bonds is 4. The molecule has 0 aliphatic carbocycles. The van der Waals surface area contributed by atoms with Gasteiger partial charge in [0.05, 0.1) is 31.7 Å². The van der Waals surface area contributed by atoms with Crippen molar-refractivity contribution in [2.45, 2.75) is 12.8 Å². The fraction of sp³-hybridized carbons (Fsp3) is 0.385. The standard InChI is InChI=1S/C13H16N2O4/c16-5-4-14-13(18)8-9-1-2-11-10(7-9)15-12(17)3-6-19-11/h1-2,7,16H,3-6,8H2,(H,14,18)(H,15,17). The fourth-order valence-electron chi connectivity index (χ4n) is 1.82. The molecule has 0 radical (unpaired) electrons. The summed E-state index contributed by atoms with van der Waals surface area (Å²) in [7, 11) is 0. The molecule has 3 N–H and O–H groups in total. The zero-order chi connectivity index (χ0) is 13.7. The molecule has 1 heterocycles. The van der Waals surface area contributed by atoms with E-state index < -0.39 is 0 Å². The summed E-state index contributed by atoms with van der Waals surface area (Å²) in [6.07, 6.45) is 0.518. The predicted molar refractivity (Wildman–Crippen MR) is 69.0 cm³/mol. The van der Waals surface area contributed by atoms with Crippen LogP contribution in [-0.4, -0.2) is 36.7 Å². The first-order valence-electron chi connectivity index (χ1n) is 6.12. The first-order chi connectivity index (χ1) is 9.19. The minimum Gasteiger partial charge on any atom is -0.491 e. The number of carbonyl (C=O) groups excluding carboxylic acids is 2. The summed E-state index contributed by atoms with van der Waals surface area (Å²) in [6.45, 7) is 0.513. The van der Waals surface area contributed by atoms with E-state index in [1.54, 1.807) is 18.2 Å². The number of benzene rings is 1. The van der Waals surface area contributed by atoms with Crippen molar-refractivity contribution in [1.82, 2.24) is 5.32 Å². The zero-order valence-electron chi connectivity index (χ0n) is 10.4. The third-order valence-electron chi connectivity index (χ3n) is 2.70. The second kappa shape index (κ2) is 6.19.